The van der Waals surface area contributed by atoms with E-state index in [0.717, 1.165) is 5.56 Å². The minimum absolute atomic E-state index is 0.0377. The highest BCUT2D eigenvalue weighted by Crippen LogP contribution is 2.12. The molecule has 5 nitrogen and oxygen atoms in total. The van der Waals surface area contributed by atoms with E-state index >= 15 is 0 Å². The number of rotatable bonds is 5. The van der Waals surface area contributed by atoms with Gasteiger partial charge in [0.15, 0.2) is 0 Å². The Morgan fingerprint density at radius 2 is 1.88 bits per heavy atom. The molecule has 1 aromatic heterocycles. The number of benzene rings is 1. The first-order chi connectivity index (χ1) is 8.25. The van der Waals surface area contributed by atoms with E-state index in [-0.39, 0.29) is 6.42 Å². The van der Waals surface area contributed by atoms with Gasteiger partial charge in [-0.2, -0.15) is 0 Å². The molecule has 0 bridgehead atoms. The van der Waals surface area contributed by atoms with Gasteiger partial charge in [0, 0.05) is 12.8 Å². The number of hydrogen-bond donors (Lipinski definition) is 1. The second kappa shape index (κ2) is 5.25. The largest absolute Gasteiger partial charge is 0.481 e. The lowest BCUT2D eigenvalue weighted by Gasteiger charge is -1.98. The maximum Gasteiger partial charge on any atom is 0.303 e. The molecule has 1 heterocycles. The van der Waals surface area contributed by atoms with E-state index in [9.17, 15) is 4.79 Å². The highest BCUT2D eigenvalue weighted by molar-refractivity contribution is 5.67. The Morgan fingerprint density at radius 1 is 1.18 bits per heavy atom. The van der Waals surface area contributed by atoms with Crippen LogP contribution in [-0.4, -0.2) is 21.4 Å². The zero-order chi connectivity index (χ0) is 12.1. The summed E-state index contributed by atoms with van der Waals surface area (Å²) in [5, 5.41) is 16.2. The Morgan fingerprint density at radius 3 is 2.59 bits per heavy atom. The van der Waals surface area contributed by atoms with Gasteiger partial charge in [0.2, 0.25) is 0 Å². The Balaban J connectivity index is 2.06. The second-order valence-corrected chi connectivity index (χ2v) is 3.71. The average Bonchev–Trinajstić information content (AvgIpc) is 2.75. The molecule has 0 unspecified atom stereocenters. The van der Waals surface area contributed by atoms with Gasteiger partial charge in [-0.3, -0.25) is 4.79 Å². The van der Waals surface area contributed by atoms with Crippen LogP contribution in [0.1, 0.15) is 23.4 Å². The zero-order valence-electron chi connectivity index (χ0n) is 9.17. The third-order valence-electron chi connectivity index (χ3n) is 2.43. The number of aliphatic carboxylic acids is 1. The normalized spacial score (nSPS) is 10.4. The van der Waals surface area contributed by atoms with Gasteiger partial charge >= 0.3 is 5.97 Å². The van der Waals surface area contributed by atoms with Crippen LogP contribution in [0.5, 0.6) is 0 Å². The summed E-state index contributed by atoms with van der Waals surface area (Å²) in [7, 11) is 0. The molecule has 0 aliphatic heterocycles. The van der Waals surface area contributed by atoms with E-state index in [1.165, 1.54) is 0 Å². The smallest absolute Gasteiger partial charge is 0.303 e. The van der Waals surface area contributed by atoms with E-state index in [1.54, 1.807) is 0 Å². The first kappa shape index (κ1) is 11.3. The summed E-state index contributed by atoms with van der Waals surface area (Å²) in [6.45, 7) is 0. The molecule has 2 aromatic rings. The molecule has 0 aliphatic carbocycles. The van der Waals surface area contributed by atoms with Crippen LogP contribution < -0.4 is 0 Å². The van der Waals surface area contributed by atoms with Crippen molar-refractivity contribution in [1.82, 2.24) is 10.3 Å². The predicted molar refractivity (Wildman–Crippen MR) is 59.5 cm³/mol. The monoisotopic (exact) mass is 232 g/mol. The molecule has 1 N–H and O–H groups in total. The van der Waals surface area contributed by atoms with Crippen molar-refractivity contribution in [3.8, 4) is 0 Å². The first-order valence-electron chi connectivity index (χ1n) is 5.31. The molecule has 2 rings (SSSR count). The van der Waals surface area contributed by atoms with Gasteiger partial charge in [-0.1, -0.05) is 40.6 Å². The number of hydrogen-bond acceptors (Lipinski definition) is 4. The van der Waals surface area contributed by atoms with Crippen molar-refractivity contribution in [3.63, 3.8) is 0 Å². The molecule has 5 heteroatoms. The first-order valence-corrected chi connectivity index (χ1v) is 5.31. The quantitative estimate of drug-likeness (QED) is 0.848. The van der Waals surface area contributed by atoms with E-state index in [0.29, 0.717) is 24.2 Å². The van der Waals surface area contributed by atoms with Gasteiger partial charge in [0.25, 0.3) is 0 Å². The summed E-state index contributed by atoms with van der Waals surface area (Å²) in [5.41, 5.74) is 2.42. The van der Waals surface area contributed by atoms with E-state index in [1.807, 2.05) is 30.3 Å². The summed E-state index contributed by atoms with van der Waals surface area (Å²) < 4.78 is 4.66. The lowest BCUT2D eigenvalue weighted by molar-refractivity contribution is -0.136. The minimum Gasteiger partial charge on any atom is -0.481 e. The Hall–Kier alpha value is -2.17. The third kappa shape index (κ3) is 3.14. The van der Waals surface area contributed by atoms with Gasteiger partial charge in [-0.05, 0) is 5.56 Å². The van der Waals surface area contributed by atoms with Crippen molar-refractivity contribution in [1.29, 1.82) is 0 Å². The van der Waals surface area contributed by atoms with E-state index in [4.69, 9.17) is 5.11 Å². The van der Waals surface area contributed by atoms with Gasteiger partial charge in [-0.15, -0.1) is 0 Å². The lowest BCUT2D eigenvalue weighted by atomic mass is 10.1. The van der Waals surface area contributed by atoms with E-state index in [2.05, 4.69) is 14.9 Å². The molecule has 0 aliphatic rings. The van der Waals surface area contributed by atoms with Gasteiger partial charge in [-0.25, -0.2) is 4.63 Å². The van der Waals surface area contributed by atoms with Crippen molar-refractivity contribution < 1.29 is 14.5 Å². The fourth-order valence-electron chi connectivity index (χ4n) is 1.56. The molecule has 0 spiro atoms. The van der Waals surface area contributed by atoms with Crippen molar-refractivity contribution in [2.75, 3.05) is 0 Å². The molecule has 0 saturated heterocycles. The van der Waals surface area contributed by atoms with Crippen LogP contribution >= 0.6 is 0 Å². The molecule has 0 amide bonds. The second-order valence-electron chi connectivity index (χ2n) is 3.71. The molecular weight excluding hydrogens is 220 g/mol. The van der Waals surface area contributed by atoms with Gasteiger partial charge < -0.3 is 5.11 Å². The molecule has 0 fully saturated rings. The molecule has 0 atom stereocenters. The summed E-state index contributed by atoms with van der Waals surface area (Å²) >= 11 is 0. The van der Waals surface area contributed by atoms with Crippen molar-refractivity contribution in [2.24, 2.45) is 0 Å². The van der Waals surface area contributed by atoms with Gasteiger partial charge in [0.1, 0.15) is 11.4 Å². The van der Waals surface area contributed by atoms with Crippen LogP contribution in [0.15, 0.2) is 35.0 Å². The summed E-state index contributed by atoms with van der Waals surface area (Å²) in [6, 6.07) is 9.79. The minimum atomic E-state index is -0.848. The summed E-state index contributed by atoms with van der Waals surface area (Å²) in [5.74, 6) is -0.848. The van der Waals surface area contributed by atoms with Crippen LogP contribution in [0.2, 0.25) is 0 Å². The highest BCUT2D eigenvalue weighted by Gasteiger charge is 2.11. The molecule has 17 heavy (non-hydrogen) atoms. The number of carbonyl (C=O) groups is 1. The summed E-state index contributed by atoms with van der Waals surface area (Å²) in [4.78, 5) is 10.5. The lowest BCUT2D eigenvalue weighted by Crippen LogP contribution is -2.01. The molecule has 88 valence electrons. The highest BCUT2D eigenvalue weighted by atomic mass is 16.6. The van der Waals surface area contributed by atoms with E-state index < -0.39 is 5.97 Å². The van der Waals surface area contributed by atoms with Gasteiger partial charge in [0.05, 0.1) is 6.42 Å². The SMILES string of the molecule is O=C(O)CCc1nonc1Cc1ccccc1. The van der Waals surface area contributed by atoms with Crippen LogP contribution in [-0.2, 0) is 17.6 Å². The van der Waals surface area contributed by atoms with Crippen molar-refractivity contribution in [2.45, 2.75) is 19.3 Å². The topological polar surface area (TPSA) is 76.2 Å². The zero-order valence-corrected chi connectivity index (χ0v) is 9.17. The number of carboxylic acids is 1. The number of aryl methyl sites for hydroxylation is 1. The fraction of sp³-hybridized carbons (Fsp3) is 0.250. The summed E-state index contributed by atoms with van der Waals surface area (Å²) in [6.07, 6.45) is 0.996. The molecule has 1 aromatic carbocycles. The number of nitrogens with zero attached hydrogens (tertiary/aromatic N) is 2. The molecule has 0 saturated carbocycles. The molecular formula is C12H12N2O3. The Bertz CT molecular complexity index is 493. The van der Waals surface area contributed by atoms with Crippen LogP contribution in [0, 0.1) is 0 Å². The number of carboxylic acid groups (broad SMARTS) is 1. The van der Waals surface area contributed by atoms with Crippen LogP contribution in [0.25, 0.3) is 0 Å². The number of aromatic nitrogens is 2. The maximum absolute atomic E-state index is 10.5. The Labute approximate surface area is 98.0 Å². The average molecular weight is 232 g/mol. The standard InChI is InChI=1S/C12H12N2O3/c15-12(16)7-6-10-11(14-17-13-10)8-9-4-2-1-3-5-9/h1-5H,6-8H2,(H,15,16). The van der Waals surface area contributed by atoms with Crippen LogP contribution in [0.3, 0.4) is 0 Å². The predicted octanol–water partition coefficient (Wildman–Crippen LogP) is 1.68. The maximum atomic E-state index is 10.5. The Kier molecular flexibility index (Phi) is 3.49. The van der Waals surface area contributed by atoms with Crippen LogP contribution in [0.4, 0.5) is 0 Å². The fourth-order valence-corrected chi connectivity index (χ4v) is 1.56. The van der Waals surface area contributed by atoms with Crippen molar-refractivity contribution in [3.05, 3.63) is 47.3 Å². The molecule has 0 radical (unpaired) electrons. The third-order valence-corrected chi connectivity index (χ3v) is 2.43. The van der Waals surface area contributed by atoms with Crippen molar-refractivity contribution >= 4 is 5.97 Å².